The lowest BCUT2D eigenvalue weighted by atomic mass is 9.96. The molecule has 0 aromatic heterocycles. The summed E-state index contributed by atoms with van der Waals surface area (Å²) in [6.07, 6.45) is 1.86. The lowest BCUT2D eigenvalue weighted by molar-refractivity contribution is -0.126. The van der Waals surface area contributed by atoms with E-state index < -0.39 is 11.7 Å². The summed E-state index contributed by atoms with van der Waals surface area (Å²) in [5.41, 5.74) is 1.39. The topological polar surface area (TPSA) is 49.4 Å². The van der Waals surface area contributed by atoms with Gasteiger partial charge in [0.25, 0.3) is 5.91 Å². The van der Waals surface area contributed by atoms with E-state index in [1.54, 1.807) is 0 Å². The van der Waals surface area contributed by atoms with E-state index in [1.165, 1.54) is 40.9 Å². The number of benzene rings is 4. The van der Waals surface area contributed by atoms with Gasteiger partial charge in [0.2, 0.25) is 5.91 Å². The summed E-state index contributed by atoms with van der Waals surface area (Å²) in [5.74, 6) is -1.11. The number of hydrogen-bond acceptors (Lipinski definition) is 4. The predicted octanol–water partition coefficient (Wildman–Crippen LogP) is 5.97. The molecule has 1 aliphatic rings. The van der Waals surface area contributed by atoms with Crippen LogP contribution < -0.4 is 5.32 Å². The van der Waals surface area contributed by atoms with Crippen molar-refractivity contribution in [3.63, 3.8) is 0 Å². The third-order valence-corrected chi connectivity index (χ3v) is 6.77. The van der Waals surface area contributed by atoms with Crippen molar-refractivity contribution in [2.45, 2.75) is 0 Å². The number of rotatable bonds is 4. The Morgan fingerprint density at radius 3 is 2.21 bits per heavy atom. The van der Waals surface area contributed by atoms with Crippen LogP contribution in [0.1, 0.15) is 5.56 Å². The molecule has 1 fully saturated rings. The van der Waals surface area contributed by atoms with Gasteiger partial charge in [-0.05, 0) is 63.5 Å². The van der Waals surface area contributed by atoms with Crippen LogP contribution in [0.4, 0.5) is 10.1 Å². The number of thiocarbonyl (C=S) groups is 1. The third-order valence-electron chi connectivity index (χ3n) is 5.39. The van der Waals surface area contributed by atoms with Crippen LogP contribution in [0.3, 0.4) is 0 Å². The van der Waals surface area contributed by atoms with Crippen LogP contribution in [-0.4, -0.2) is 27.6 Å². The van der Waals surface area contributed by atoms with Crippen LogP contribution in [0.2, 0.25) is 0 Å². The highest BCUT2D eigenvalue weighted by atomic mass is 32.2. The van der Waals surface area contributed by atoms with E-state index >= 15 is 0 Å². The minimum atomic E-state index is -0.408. The Morgan fingerprint density at radius 1 is 0.970 bits per heavy atom. The van der Waals surface area contributed by atoms with Crippen molar-refractivity contribution in [3.8, 4) is 0 Å². The molecule has 33 heavy (non-hydrogen) atoms. The maximum absolute atomic E-state index is 13.1. The number of nitrogens with zero attached hydrogens (tertiary/aromatic N) is 1. The van der Waals surface area contributed by atoms with Crippen molar-refractivity contribution in [3.05, 3.63) is 95.1 Å². The number of carbonyl (C=O) groups is 2. The molecule has 4 aromatic rings. The molecular weight excluding hydrogens is 455 g/mol. The molecule has 162 valence electrons. The van der Waals surface area contributed by atoms with Crippen molar-refractivity contribution in [2.24, 2.45) is 0 Å². The van der Waals surface area contributed by atoms with Gasteiger partial charge >= 0.3 is 0 Å². The number of nitrogens with one attached hydrogen (secondary N) is 1. The molecule has 1 aliphatic heterocycles. The second-order valence-electron chi connectivity index (χ2n) is 7.56. The minimum Gasteiger partial charge on any atom is -0.325 e. The van der Waals surface area contributed by atoms with Crippen LogP contribution in [0, 0.1) is 5.82 Å². The second-order valence-corrected chi connectivity index (χ2v) is 9.23. The predicted molar refractivity (Wildman–Crippen MR) is 136 cm³/mol. The monoisotopic (exact) mass is 472 g/mol. The maximum Gasteiger partial charge on any atom is 0.266 e. The molecule has 0 bridgehead atoms. The van der Waals surface area contributed by atoms with Gasteiger partial charge in [-0.1, -0.05) is 72.5 Å². The van der Waals surface area contributed by atoms with Crippen LogP contribution in [0.25, 0.3) is 27.6 Å². The summed E-state index contributed by atoms with van der Waals surface area (Å²) in [4.78, 5) is 27.4. The first-order chi connectivity index (χ1) is 16.0. The summed E-state index contributed by atoms with van der Waals surface area (Å²) in [5, 5.41) is 6.90. The van der Waals surface area contributed by atoms with Gasteiger partial charge in [0.15, 0.2) is 0 Å². The Morgan fingerprint density at radius 2 is 1.58 bits per heavy atom. The second kappa shape index (κ2) is 8.77. The molecule has 0 aliphatic carbocycles. The molecule has 5 rings (SSSR count). The van der Waals surface area contributed by atoms with Crippen molar-refractivity contribution < 1.29 is 14.0 Å². The molecule has 0 atom stereocenters. The molecule has 4 aromatic carbocycles. The zero-order chi connectivity index (χ0) is 22.9. The number of halogens is 1. The molecular formula is C26H17FN2O2S2. The van der Waals surface area contributed by atoms with Crippen LogP contribution >= 0.6 is 24.0 Å². The van der Waals surface area contributed by atoms with Gasteiger partial charge < -0.3 is 5.32 Å². The fraction of sp³-hybridized carbons (Fsp3) is 0.0385. The third kappa shape index (κ3) is 4.25. The highest BCUT2D eigenvalue weighted by Crippen LogP contribution is 2.36. The normalized spacial score (nSPS) is 15.1. The molecule has 0 unspecified atom stereocenters. The smallest absolute Gasteiger partial charge is 0.266 e. The lowest BCUT2D eigenvalue weighted by Crippen LogP contribution is -2.36. The maximum atomic E-state index is 13.1. The SMILES string of the molecule is O=C(CN1C(=O)/C(=C/c2c3ccccc3cc3ccccc23)SC1=S)Nc1ccc(F)cc1. The van der Waals surface area contributed by atoms with Gasteiger partial charge in [-0.15, -0.1) is 0 Å². The summed E-state index contributed by atoms with van der Waals surface area (Å²) in [6.45, 7) is -0.213. The molecule has 0 saturated carbocycles. The fourth-order valence-electron chi connectivity index (χ4n) is 3.85. The minimum absolute atomic E-state index is 0.213. The van der Waals surface area contributed by atoms with Crippen molar-refractivity contribution in [2.75, 3.05) is 11.9 Å². The molecule has 1 saturated heterocycles. The lowest BCUT2D eigenvalue weighted by Gasteiger charge is -2.14. The standard InChI is InChI=1S/C26H17FN2O2S2/c27-18-9-11-19(12-10-18)28-24(30)15-29-25(31)23(33-26(29)32)14-22-20-7-3-1-5-16(20)13-17-6-2-4-8-21(17)22/h1-14H,15H2,(H,28,30)/b23-14-. The van der Waals surface area contributed by atoms with Crippen LogP contribution in [-0.2, 0) is 9.59 Å². The first-order valence-electron chi connectivity index (χ1n) is 10.2. The number of thioether (sulfide) groups is 1. The molecule has 4 nitrogen and oxygen atoms in total. The van der Waals surface area contributed by atoms with Crippen LogP contribution in [0.5, 0.6) is 0 Å². The number of amides is 2. The van der Waals surface area contributed by atoms with Gasteiger partial charge in [-0.25, -0.2) is 4.39 Å². The highest BCUT2D eigenvalue weighted by molar-refractivity contribution is 8.26. The highest BCUT2D eigenvalue weighted by Gasteiger charge is 2.33. The number of anilines is 1. The van der Waals surface area contributed by atoms with E-state index in [2.05, 4.69) is 11.4 Å². The Labute approximate surface area is 199 Å². The molecule has 1 N–H and O–H groups in total. The summed E-state index contributed by atoms with van der Waals surface area (Å²) in [6, 6.07) is 23.6. The van der Waals surface area contributed by atoms with E-state index in [1.807, 2.05) is 54.6 Å². The largest absolute Gasteiger partial charge is 0.325 e. The number of carbonyl (C=O) groups excluding carboxylic acids is 2. The van der Waals surface area contributed by atoms with Crippen molar-refractivity contribution in [1.29, 1.82) is 0 Å². The fourth-order valence-corrected chi connectivity index (χ4v) is 5.09. The average Bonchev–Trinajstić information content (AvgIpc) is 3.07. The average molecular weight is 473 g/mol. The Balaban J connectivity index is 1.45. The first-order valence-corrected chi connectivity index (χ1v) is 11.4. The Kier molecular flexibility index (Phi) is 5.66. The molecule has 7 heteroatoms. The van der Waals surface area contributed by atoms with E-state index in [0.29, 0.717) is 14.9 Å². The van der Waals surface area contributed by atoms with Gasteiger partial charge in [0.05, 0.1) is 4.91 Å². The molecule has 0 spiro atoms. The van der Waals surface area contributed by atoms with E-state index in [9.17, 15) is 14.0 Å². The van der Waals surface area contributed by atoms with E-state index in [4.69, 9.17) is 12.2 Å². The molecule has 2 amide bonds. The van der Waals surface area contributed by atoms with Gasteiger partial charge in [0.1, 0.15) is 16.7 Å². The quantitative estimate of drug-likeness (QED) is 0.226. The number of fused-ring (bicyclic) bond motifs is 2. The zero-order valence-corrected chi connectivity index (χ0v) is 18.9. The summed E-state index contributed by atoms with van der Waals surface area (Å²) < 4.78 is 13.4. The van der Waals surface area contributed by atoms with Gasteiger partial charge in [0, 0.05) is 5.69 Å². The van der Waals surface area contributed by atoms with Crippen LogP contribution in [0.15, 0.2) is 83.8 Å². The van der Waals surface area contributed by atoms with Gasteiger partial charge in [-0.2, -0.15) is 0 Å². The number of hydrogen-bond donors (Lipinski definition) is 1. The summed E-state index contributed by atoms with van der Waals surface area (Å²) >= 11 is 6.58. The van der Waals surface area contributed by atoms with Gasteiger partial charge in [-0.3, -0.25) is 14.5 Å². The molecule has 0 radical (unpaired) electrons. The Bertz CT molecular complexity index is 1410. The van der Waals surface area contributed by atoms with E-state index in [-0.39, 0.29) is 12.5 Å². The van der Waals surface area contributed by atoms with Crippen molar-refractivity contribution in [1.82, 2.24) is 4.90 Å². The Hall–Kier alpha value is -3.55. The first kappa shape index (κ1) is 21.3. The van der Waals surface area contributed by atoms with E-state index in [0.717, 1.165) is 27.1 Å². The molecule has 1 heterocycles. The zero-order valence-electron chi connectivity index (χ0n) is 17.2. The van der Waals surface area contributed by atoms with Crippen molar-refractivity contribution >= 4 is 73.4 Å². The summed E-state index contributed by atoms with van der Waals surface area (Å²) in [7, 11) is 0.